The summed E-state index contributed by atoms with van der Waals surface area (Å²) in [5, 5.41) is 5.36. The quantitative estimate of drug-likeness (QED) is 0.856. The Labute approximate surface area is 117 Å². The molecule has 0 aliphatic carbocycles. The molecule has 0 unspecified atom stereocenters. The summed E-state index contributed by atoms with van der Waals surface area (Å²) in [6.07, 6.45) is 3.71. The van der Waals surface area contributed by atoms with Gasteiger partial charge in [0.05, 0.1) is 11.8 Å². The maximum Gasteiger partial charge on any atom is 0.271 e. The van der Waals surface area contributed by atoms with Gasteiger partial charge in [-0.3, -0.25) is 9.36 Å². The zero-order valence-electron chi connectivity index (χ0n) is 11.8. The number of thiophene rings is 1. The molecule has 0 atom stereocenters. The zero-order valence-corrected chi connectivity index (χ0v) is 12.6. The first kappa shape index (κ1) is 14.2. The van der Waals surface area contributed by atoms with Crippen LogP contribution in [0.4, 0.5) is 0 Å². The number of nitrogens with zero attached hydrogens (tertiary/aromatic N) is 2. The Morgan fingerprint density at radius 3 is 2.89 bits per heavy atom. The van der Waals surface area contributed by atoms with E-state index in [2.05, 4.69) is 31.1 Å². The van der Waals surface area contributed by atoms with E-state index in [0.717, 1.165) is 36.1 Å². The summed E-state index contributed by atoms with van der Waals surface area (Å²) in [6.45, 7) is 8.20. The van der Waals surface area contributed by atoms with Crippen LogP contribution in [0.5, 0.6) is 0 Å². The summed E-state index contributed by atoms with van der Waals surface area (Å²) in [7, 11) is 0. The van der Waals surface area contributed by atoms with Crippen molar-refractivity contribution in [3.05, 3.63) is 28.1 Å². The zero-order chi connectivity index (χ0) is 13.9. The molecule has 104 valence electrons. The molecule has 0 spiro atoms. The third kappa shape index (κ3) is 3.88. The maximum absolute atomic E-state index is 12.1. The predicted molar refractivity (Wildman–Crippen MR) is 80.9 cm³/mol. The highest BCUT2D eigenvalue weighted by atomic mass is 32.1. The molecule has 0 saturated heterocycles. The Hall–Kier alpha value is -1.20. The second-order valence-electron chi connectivity index (χ2n) is 5.76. The molecule has 2 aromatic heterocycles. The largest absolute Gasteiger partial charge is 0.312 e. The van der Waals surface area contributed by atoms with Crippen molar-refractivity contribution in [2.45, 2.75) is 45.7 Å². The molecule has 5 heteroatoms. The molecule has 0 aliphatic heterocycles. The van der Waals surface area contributed by atoms with Crippen molar-refractivity contribution in [3.8, 4) is 0 Å². The SMILES string of the molecule is CC(C)(C)NCCCCn1cnc2ccsc2c1=O. The van der Waals surface area contributed by atoms with Crippen molar-refractivity contribution < 1.29 is 0 Å². The number of hydrogen-bond donors (Lipinski definition) is 1. The van der Waals surface area contributed by atoms with Crippen LogP contribution in [0.1, 0.15) is 33.6 Å². The van der Waals surface area contributed by atoms with Gasteiger partial charge in [0.2, 0.25) is 0 Å². The fourth-order valence-electron chi connectivity index (χ4n) is 1.91. The molecule has 1 N–H and O–H groups in total. The molecule has 0 saturated carbocycles. The number of hydrogen-bond acceptors (Lipinski definition) is 4. The monoisotopic (exact) mass is 279 g/mol. The van der Waals surface area contributed by atoms with Gasteiger partial charge in [-0.1, -0.05) is 0 Å². The molecule has 4 nitrogen and oxygen atoms in total. The van der Waals surface area contributed by atoms with Gasteiger partial charge in [-0.2, -0.15) is 0 Å². The van der Waals surface area contributed by atoms with E-state index in [1.165, 1.54) is 11.3 Å². The van der Waals surface area contributed by atoms with Crippen LogP contribution < -0.4 is 10.9 Å². The van der Waals surface area contributed by atoms with Gasteiger partial charge in [-0.25, -0.2) is 4.98 Å². The summed E-state index contributed by atoms with van der Waals surface area (Å²) in [6, 6.07) is 1.89. The summed E-state index contributed by atoms with van der Waals surface area (Å²) in [4.78, 5) is 16.4. The Bertz CT molecular complexity index is 594. The molecule has 0 radical (unpaired) electrons. The van der Waals surface area contributed by atoms with Gasteiger partial charge in [0.15, 0.2) is 0 Å². The molecular formula is C14H21N3OS. The Morgan fingerprint density at radius 2 is 2.16 bits per heavy atom. The normalized spacial score (nSPS) is 12.2. The summed E-state index contributed by atoms with van der Waals surface area (Å²) >= 11 is 1.47. The first-order valence-corrected chi connectivity index (χ1v) is 7.53. The van der Waals surface area contributed by atoms with Crippen molar-refractivity contribution in [1.29, 1.82) is 0 Å². The van der Waals surface area contributed by atoms with Crippen molar-refractivity contribution in [2.75, 3.05) is 6.54 Å². The summed E-state index contributed by atoms with van der Waals surface area (Å²) in [5.74, 6) is 0. The van der Waals surface area contributed by atoms with Crippen LogP contribution in [0, 0.1) is 0 Å². The van der Waals surface area contributed by atoms with E-state index in [1.54, 1.807) is 10.9 Å². The topological polar surface area (TPSA) is 46.9 Å². The molecule has 2 rings (SSSR count). The third-order valence-electron chi connectivity index (χ3n) is 2.92. The highest BCUT2D eigenvalue weighted by Crippen LogP contribution is 2.13. The van der Waals surface area contributed by atoms with E-state index in [9.17, 15) is 4.79 Å². The Kier molecular flexibility index (Phi) is 4.37. The number of nitrogens with one attached hydrogen (secondary N) is 1. The average Bonchev–Trinajstić information content (AvgIpc) is 2.79. The van der Waals surface area contributed by atoms with Crippen molar-refractivity contribution in [1.82, 2.24) is 14.9 Å². The molecule has 0 amide bonds. The minimum absolute atomic E-state index is 0.0868. The van der Waals surface area contributed by atoms with Crippen LogP contribution in [-0.4, -0.2) is 21.6 Å². The van der Waals surface area contributed by atoms with E-state index in [-0.39, 0.29) is 11.1 Å². The summed E-state index contributed by atoms with van der Waals surface area (Å²) < 4.78 is 2.48. The molecule has 19 heavy (non-hydrogen) atoms. The second kappa shape index (κ2) is 5.84. The van der Waals surface area contributed by atoms with Crippen LogP contribution in [0.2, 0.25) is 0 Å². The van der Waals surface area contributed by atoms with Crippen LogP contribution in [-0.2, 0) is 6.54 Å². The lowest BCUT2D eigenvalue weighted by Gasteiger charge is -2.20. The van der Waals surface area contributed by atoms with E-state index in [0.29, 0.717) is 0 Å². The smallest absolute Gasteiger partial charge is 0.271 e. The maximum atomic E-state index is 12.1. The van der Waals surface area contributed by atoms with Gasteiger partial charge in [-0.05, 0) is 51.6 Å². The Morgan fingerprint density at radius 1 is 1.37 bits per heavy atom. The standard InChI is InChI=1S/C14H21N3OS/c1-14(2,3)16-7-4-5-8-17-10-15-11-6-9-19-12(11)13(17)18/h6,9-10,16H,4-5,7-8H2,1-3H3. The van der Waals surface area contributed by atoms with E-state index < -0.39 is 0 Å². The lowest BCUT2D eigenvalue weighted by Crippen LogP contribution is -2.36. The molecule has 0 bridgehead atoms. The minimum Gasteiger partial charge on any atom is -0.312 e. The molecule has 2 aromatic rings. The van der Waals surface area contributed by atoms with E-state index >= 15 is 0 Å². The highest BCUT2D eigenvalue weighted by molar-refractivity contribution is 7.17. The fraction of sp³-hybridized carbons (Fsp3) is 0.571. The molecule has 0 aliphatic rings. The highest BCUT2D eigenvalue weighted by Gasteiger charge is 2.08. The van der Waals surface area contributed by atoms with Crippen LogP contribution >= 0.6 is 11.3 Å². The van der Waals surface area contributed by atoms with Gasteiger partial charge in [0, 0.05) is 12.1 Å². The van der Waals surface area contributed by atoms with Gasteiger partial charge in [0.1, 0.15) is 4.70 Å². The first-order chi connectivity index (χ1) is 8.97. The van der Waals surface area contributed by atoms with Crippen molar-refractivity contribution >= 4 is 21.6 Å². The fourth-order valence-corrected chi connectivity index (χ4v) is 2.70. The Balaban J connectivity index is 1.88. The number of fused-ring (bicyclic) bond motifs is 1. The molecule has 0 fully saturated rings. The van der Waals surface area contributed by atoms with Gasteiger partial charge < -0.3 is 5.32 Å². The number of rotatable bonds is 5. The van der Waals surface area contributed by atoms with E-state index in [1.807, 2.05) is 11.4 Å². The van der Waals surface area contributed by atoms with Crippen LogP contribution in [0.15, 0.2) is 22.6 Å². The molecule has 2 heterocycles. The lowest BCUT2D eigenvalue weighted by molar-refractivity contribution is 0.413. The average molecular weight is 279 g/mol. The number of unbranched alkanes of at least 4 members (excludes halogenated alkanes) is 1. The lowest BCUT2D eigenvalue weighted by atomic mass is 10.1. The van der Waals surface area contributed by atoms with Crippen molar-refractivity contribution in [2.24, 2.45) is 0 Å². The van der Waals surface area contributed by atoms with E-state index in [4.69, 9.17) is 0 Å². The minimum atomic E-state index is 0.0868. The third-order valence-corrected chi connectivity index (χ3v) is 3.81. The van der Waals surface area contributed by atoms with Crippen molar-refractivity contribution in [3.63, 3.8) is 0 Å². The number of aryl methyl sites for hydroxylation is 1. The van der Waals surface area contributed by atoms with Crippen LogP contribution in [0.3, 0.4) is 0 Å². The van der Waals surface area contributed by atoms with Gasteiger partial charge >= 0.3 is 0 Å². The van der Waals surface area contributed by atoms with Gasteiger partial charge in [0.25, 0.3) is 5.56 Å². The predicted octanol–water partition coefficient (Wildman–Crippen LogP) is 2.63. The molecular weight excluding hydrogens is 258 g/mol. The first-order valence-electron chi connectivity index (χ1n) is 6.65. The van der Waals surface area contributed by atoms with Gasteiger partial charge in [-0.15, -0.1) is 11.3 Å². The number of aromatic nitrogens is 2. The molecule has 0 aromatic carbocycles. The summed E-state index contributed by atoms with van der Waals surface area (Å²) in [5.41, 5.74) is 1.05. The second-order valence-corrected chi connectivity index (χ2v) is 6.68. The van der Waals surface area contributed by atoms with Crippen LogP contribution in [0.25, 0.3) is 10.2 Å².